The molecule has 1 aromatic rings. The Morgan fingerprint density at radius 1 is 1.56 bits per heavy atom. The van der Waals surface area contributed by atoms with Crippen LogP contribution in [0.25, 0.3) is 0 Å². The summed E-state index contributed by atoms with van der Waals surface area (Å²) in [4.78, 5) is 26.7. The summed E-state index contributed by atoms with van der Waals surface area (Å²) in [7, 11) is 0. The quantitative estimate of drug-likeness (QED) is 0.740. The second kappa shape index (κ2) is 6.14. The molecule has 2 N–H and O–H groups in total. The van der Waals surface area contributed by atoms with Gasteiger partial charge >= 0.3 is 0 Å². The van der Waals surface area contributed by atoms with Gasteiger partial charge in [-0.1, -0.05) is 6.07 Å². The maximum Gasteiger partial charge on any atom is 0.242 e. The zero-order valence-corrected chi connectivity index (χ0v) is 10.2. The predicted molar refractivity (Wildman–Crippen MR) is 66.7 cm³/mol. The van der Waals surface area contributed by atoms with Crippen molar-refractivity contribution in [2.24, 2.45) is 0 Å². The van der Waals surface area contributed by atoms with Gasteiger partial charge in [0.05, 0.1) is 0 Å². The SMILES string of the molecule is O=C1CCC(C(=O)NCCCc2cccnc2)N1. The van der Waals surface area contributed by atoms with Gasteiger partial charge < -0.3 is 10.6 Å². The van der Waals surface area contributed by atoms with Gasteiger partial charge in [0, 0.05) is 25.4 Å². The van der Waals surface area contributed by atoms with Crippen molar-refractivity contribution >= 4 is 11.8 Å². The Hall–Kier alpha value is -1.91. The molecule has 18 heavy (non-hydrogen) atoms. The van der Waals surface area contributed by atoms with Crippen LogP contribution in [-0.4, -0.2) is 29.4 Å². The third kappa shape index (κ3) is 3.55. The zero-order chi connectivity index (χ0) is 12.8. The van der Waals surface area contributed by atoms with E-state index in [4.69, 9.17) is 0 Å². The molecule has 1 aliphatic rings. The third-order valence-electron chi connectivity index (χ3n) is 2.98. The lowest BCUT2D eigenvalue weighted by atomic mass is 10.1. The Morgan fingerprint density at radius 2 is 2.44 bits per heavy atom. The van der Waals surface area contributed by atoms with Crippen LogP contribution in [0.4, 0.5) is 0 Å². The molecule has 1 aliphatic heterocycles. The van der Waals surface area contributed by atoms with Crippen LogP contribution in [0, 0.1) is 0 Å². The summed E-state index contributed by atoms with van der Waals surface area (Å²) in [6.45, 7) is 0.625. The van der Waals surface area contributed by atoms with E-state index in [1.54, 1.807) is 6.20 Å². The van der Waals surface area contributed by atoms with E-state index < -0.39 is 0 Å². The van der Waals surface area contributed by atoms with E-state index in [0.29, 0.717) is 19.4 Å². The number of carbonyl (C=O) groups excluding carboxylic acids is 2. The topological polar surface area (TPSA) is 71.1 Å². The number of hydrogen-bond acceptors (Lipinski definition) is 3. The van der Waals surface area contributed by atoms with Gasteiger partial charge in [0.15, 0.2) is 0 Å². The van der Waals surface area contributed by atoms with E-state index in [9.17, 15) is 9.59 Å². The van der Waals surface area contributed by atoms with Crippen molar-refractivity contribution in [3.05, 3.63) is 30.1 Å². The molecule has 1 saturated heterocycles. The molecule has 0 saturated carbocycles. The van der Waals surface area contributed by atoms with Gasteiger partial charge in [-0.3, -0.25) is 14.6 Å². The summed E-state index contributed by atoms with van der Waals surface area (Å²) >= 11 is 0. The Bertz CT molecular complexity index is 420. The van der Waals surface area contributed by atoms with Gasteiger partial charge in [-0.2, -0.15) is 0 Å². The lowest BCUT2D eigenvalue weighted by molar-refractivity contribution is -0.125. The fraction of sp³-hybridized carbons (Fsp3) is 0.462. The molecule has 0 aromatic carbocycles. The monoisotopic (exact) mass is 247 g/mol. The van der Waals surface area contributed by atoms with E-state index in [1.165, 1.54) is 5.56 Å². The van der Waals surface area contributed by atoms with Crippen molar-refractivity contribution in [2.45, 2.75) is 31.7 Å². The lowest BCUT2D eigenvalue weighted by Gasteiger charge is -2.10. The molecule has 0 radical (unpaired) electrons. The van der Waals surface area contributed by atoms with Gasteiger partial charge in [0.25, 0.3) is 0 Å². The number of pyridine rings is 1. The minimum Gasteiger partial charge on any atom is -0.354 e. The van der Waals surface area contributed by atoms with Gasteiger partial charge in [0.2, 0.25) is 11.8 Å². The highest BCUT2D eigenvalue weighted by molar-refractivity contribution is 5.90. The van der Waals surface area contributed by atoms with Crippen LogP contribution in [0.2, 0.25) is 0 Å². The smallest absolute Gasteiger partial charge is 0.242 e. The van der Waals surface area contributed by atoms with Crippen LogP contribution in [0.5, 0.6) is 0 Å². The minimum absolute atomic E-state index is 0.0366. The minimum atomic E-state index is -0.337. The average molecular weight is 247 g/mol. The molecule has 0 bridgehead atoms. The molecule has 1 aromatic heterocycles. The second-order valence-electron chi connectivity index (χ2n) is 4.41. The van der Waals surface area contributed by atoms with Crippen molar-refractivity contribution in [3.8, 4) is 0 Å². The van der Waals surface area contributed by atoms with Crippen molar-refractivity contribution in [1.82, 2.24) is 15.6 Å². The fourth-order valence-corrected chi connectivity index (χ4v) is 1.98. The molecule has 2 amide bonds. The second-order valence-corrected chi connectivity index (χ2v) is 4.41. The maximum absolute atomic E-state index is 11.7. The van der Waals surface area contributed by atoms with Gasteiger partial charge in [-0.15, -0.1) is 0 Å². The van der Waals surface area contributed by atoms with Crippen LogP contribution in [0.1, 0.15) is 24.8 Å². The molecule has 2 rings (SSSR count). The first kappa shape index (κ1) is 12.5. The summed E-state index contributed by atoms with van der Waals surface area (Å²) in [5.74, 6) is -0.113. The van der Waals surface area contributed by atoms with Crippen LogP contribution in [0.3, 0.4) is 0 Å². The lowest BCUT2D eigenvalue weighted by Crippen LogP contribution is -2.41. The van der Waals surface area contributed by atoms with Gasteiger partial charge in [-0.05, 0) is 30.9 Å². The number of amides is 2. The molecule has 1 unspecified atom stereocenters. The van der Waals surface area contributed by atoms with E-state index in [0.717, 1.165) is 12.8 Å². The number of aromatic nitrogens is 1. The zero-order valence-electron chi connectivity index (χ0n) is 10.2. The Balaban J connectivity index is 1.63. The van der Waals surface area contributed by atoms with Crippen molar-refractivity contribution < 1.29 is 9.59 Å². The molecule has 2 heterocycles. The van der Waals surface area contributed by atoms with E-state index in [2.05, 4.69) is 15.6 Å². The fourth-order valence-electron chi connectivity index (χ4n) is 1.98. The van der Waals surface area contributed by atoms with Crippen LogP contribution >= 0.6 is 0 Å². The highest BCUT2D eigenvalue weighted by Crippen LogP contribution is 2.06. The van der Waals surface area contributed by atoms with Crippen molar-refractivity contribution in [3.63, 3.8) is 0 Å². The first-order chi connectivity index (χ1) is 8.75. The molecule has 5 nitrogen and oxygen atoms in total. The number of aryl methyl sites for hydroxylation is 1. The largest absolute Gasteiger partial charge is 0.354 e. The molecule has 1 fully saturated rings. The number of nitrogens with one attached hydrogen (secondary N) is 2. The first-order valence-electron chi connectivity index (χ1n) is 6.21. The number of hydrogen-bond donors (Lipinski definition) is 2. The van der Waals surface area contributed by atoms with Crippen molar-refractivity contribution in [1.29, 1.82) is 0 Å². The molecule has 5 heteroatoms. The third-order valence-corrected chi connectivity index (χ3v) is 2.98. The van der Waals surface area contributed by atoms with Gasteiger partial charge in [0.1, 0.15) is 6.04 Å². The van der Waals surface area contributed by atoms with E-state index in [-0.39, 0.29) is 17.9 Å². The van der Waals surface area contributed by atoms with E-state index in [1.807, 2.05) is 18.3 Å². The summed E-state index contributed by atoms with van der Waals surface area (Å²) in [6.07, 6.45) is 6.40. The highest BCUT2D eigenvalue weighted by Gasteiger charge is 2.26. The molecular formula is C13H17N3O2. The molecule has 0 aliphatic carbocycles. The first-order valence-corrected chi connectivity index (χ1v) is 6.21. The Morgan fingerprint density at radius 3 is 3.11 bits per heavy atom. The average Bonchev–Trinajstić information content (AvgIpc) is 2.82. The van der Waals surface area contributed by atoms with Crippen LogP contribution in [0.15, 0.2) is 24.5 Å². The van der Waals surface area contributed by atoms with Crippen molar-refractivity contribution in [2.75, 3.05) is 6.54 Å². The molecule has 1 atom stereocenters. The maximum atomic E-state index is 11.7. The normalized spacial score (nSPS) is 18.4. The van der Waals surface area contributed by atoms with E-state index >= 15 is 0 Å². The molecular weight excluding hydrogens is 230 g/mol. The molecule has 0 spiro atoms. The Labute approximate surface area is 106 Å². The van der Waals surface area contributed by atoms with Crippen LogP contribution in [-0.2, 0) is 16.0 Å². The van der Waals surface area contributed by atoms with Gasteiger partial charge in [-0.25, -0.2) is 0 Å². The van der Waals surface area contributed by atoms with Crippen LogP contribution < -0.4 is 10.6 Å². The summed E-state index contributed by atoms with van der Waals surface area (Å²) < 4.78 is 0. The summed E-state index contributed by atoms with van der Waals surface area (Å²) in [5, 5.41) is 5.49. The number of nitrogens with zero attached hydrogens (tertiary/aromatic N) is 1. The number of carbonyl (C=O) groups is 2. The summed E-state index contributed by atoms with van der Waals surface area (Å²) in [5.41, 5.74) is 1.17. The molecule has 96 valence electrons. The standard InChI is InChI=1S/C13H17N3O2/c17-12-6-5-11(16-12)13(18)15-8-2-4-10-3-1-7-14-9-10/h1,3,7,9,11H,2,4-6,8H2,(H,15,18)(H,16,17). The number of rotatable bonds is 5. The highest BCUT2D eigenvalue weighted by atomic mass is 16.2. The Kier molecular flexibility index (Phi) is 4.28. The summed E-state index contributed by atoms with van der Waals surface area (Å²) in [6, 6.07) is 3.59. The predicted octanol–water partition coefficient (Wildman–Crippen LogP) is 0.409.